The fraction of sp³-hybridized carbons (Fsp3) is 0.350. The maximum atomic E-state index is 4.90. The van der Waals surface area contributed by atoms with E-state index in [2.05, 4.69) is 152 Å². The molecule has 0 aliphatic carbocycles. The molecule has 0 radical (unpaired) electrons. The van der Waals surface area contributed by atoms with E-state index in [0.29, 0.717) is 0 Å². The van der Waals surface area contributed by atoms with Crippen molar-refractivity contribution < 1.29 is 0 Å². The highest BCUT2D eigenvalue weighted by atomic mass is 15.3. The van der Waals surface area contributed by atoms with E-state index in [-0.39, 0.29) is 10.8 Å². The molecule has 1 heterocycles. The van der Waals surface area contributed by atoms with E-state index in [9.17, 15) is 0 Å². The van der Waals surface area contributed by atoms with Crippen molar-refractivity contribution in [1.29, 1.82) is 0 Å². The summed E-state index contributed by atoms with van der Waals surface area (Å²) < 4.78 is 2.32. The Morgan fingerprint density at radius 1 is 0.628 bits per heavy atom. The summed E-state index contributed by atoms with van der Waals surface area (Å²) in [6, 6.07) is 31.3. The van der Waals surface area contributed by atoms with Crippen LogP contribution in [0.25, 0.3) is 39.3 Å². The molecule has 0 aliphatic heterocycles. The van der Waals surface area contributed by atoms with Crippen LogP contribution in [0.4, 0.5) is 0 Å². The fourth-order valence-corrected chi connectivity index (χ4v) is 5.92. The van der Waals surface area contributed by atoms with Crippen LogP contribution >= 0.6 is 0 Å². The maximum Gasteiger partial charge on any atom is 0.168 e. The first-order chi connectivity index (χ1) is 20.4. The van der Waals surface area contributed by atoms with Crippen molar-refractivity contribution in [2.24, 2.45) is 0 Å². The van der Waals surface area contributed by atoms with Crippen LogP contribution in [-0.2, 0) is 10.8 Å². The van der Waals surface area contributed by atoms with Gasteiger partial charge in [-0.1, -0.05) is 127 Å². The number of aryl methyl sites for hydroxylation is 3. The molecular weight excluding hydrogens is 522 g/mol. The van der Waals surface area contributed by atoms with Crippen molar-refractivity contribution in [3.63, 3.8) is 0 Å². The van der Waals surface area contributed by atoms with E-state index in [4.69, 9.17) is 10.2 Å². The Labute approximate surface area is 259 Å². The Hall–Kier alpha value is -3.98. The largest absolute Gasteiger partial charge is 0.278 e. The van der Waals surface area contributed by atoms with Gasteiger partial charge in [0.05, 0.1) is 5.69 Å². The summed E-state index contributed by atoms with van der Waals surface area (Å²) in [6.07, 6.45) is 3.37. The van der Waals surface area contributed by atoms with Gasteiger partial charge in [0.15, 0.2) is 5.82 Å². The molecule has 3 nitrogen and oxygen atoms in total. The number of rotatable bonds is 8. The monoisotopic (exact) mass is 569 g/mol. The zero-order valence-electron chi connectivity index (χ0n) is 27.5. The number of hydrogen-bond donors (Lipinski definition) is 0. The smallest absolute Gasteiger partial charge is 0.168 e. The summed E-state index contributed by atoms with van der Waals surface area (Å²) in [5.74, 6) is 1.90. The Kier molecular flexibility index (Phi) is 8.47. The van der Waals surface area contributed by atoms with Crippen LogP contribution in [0.3, 0.4) is 0 Å². The second-order valence-electron chi connectivity index (χ2n) is 13.9. The molecule has 0 amide bonds. The van der Waals surface area contributed by atoms with Crippen LogP contribution in [0.1, 0.15) is 88.9 Å². The first-order valence-corrected chi connectivity index (χ1v) is 15.7. The van der Waals surface area contributed by atoms with Gasteiger partial charge in [0.2, 0.25) is 0 Å². The molecule has 222 valence electrons. The lowest BCUT2D eigenvalue weighted by molar-refractivity contribution is 0.425. The number of hydrogen-bond acceptors (Lipinski definition) is 2. The highest BCUT2D eigenvalue weighted by molar-refractivity contribution is 5.75. The summed E-state index contributed by atoms with van der Waals surface area (Å²) in [7, 11) is 0. The molecule has 0 fully saturated rings. The Morgan fingerprint density at radius 2 is 1.26 bits per heavy atom. The van der Waals surface area contributed by atoms with Crippen LogP contribution in [0.2, 0.25) is 0 Å². The molecule has 0 atom stereocenters. The topological polar surface area (TPSA) is 30.7 Å². The molecule has 0 unspecified atom stereocenters. The quantitative estimate of drug-likeness (QED) is 0.186. The Bertz CT molecular complexity index is 1710. The first-order valence-electron chi connectivity index (χ1n) is 15.7. The molecule has 43 heavy (non-hydrogen) atoms. The fourth-order valence-electron chi connectivity index (χ4n) is 5.92. The van der Waals surface area contributed by atoms with Crippen molar-refractivity contribution in [2.75, 3.05) is 0 Å². The summed E-state index contributed by atoms with van der Waals surface area (Å²) in [4.78, 5) is 0. The summed E-state index contributed by atoms with van der Waals surface area (Å²) in [6.45, 7) is 20.2. The van der Waals surface area contributed by atoms with Crippen molar-refractivity contribution in [3.8, 4) is 39.3 Å². The minimum atomic E-state index is -0.125. The van der Waals surface area contributed by atoms with Crippen molar-refractivity contribution in [1.82, 2.24) is 14.8 Å². The molecular formula is C40H47N3. The average Bonchev–Trinajstić information content (AvgIpc) is 3.42. The predicted octanol–water partition coefficient (Wildman–Crippen LogP) is 11.0. The molecule has 0 aliphatic rings. The van der Waals surface area contributed by atoms with Gasteiger partial charge in [-0.05, 0) is 89.8 Å². The first kappa shape index (κ1) is 30.5. The van der Waals surface area contributed by atoms with Crippen LogP contribution in [0.15, 0.2) is 84.9 Å². The molecule has 0 bridgehead atoms. The molecule has 0 saturated carbocycles. The lowest BCUT2D eigenvalue weighted by Gasteiger charge is -2.26. The summed E-state index contributed by atoms with van der Waals surface area (Å²) in [5.41, 5.74) is 12.2. The second-order valence-corrected chi connectivity index (χ2v) is 13.9. The predicted molar refractivity (Wildman–Crippen MR) is 183 cm³/mol. The molecule has 5 rings (SSSR count). The van der Waals surface area contributed by atoms with Crippen molar-refractivity contribution in [3.05, 3.63) is 113 Å². The summed E-state index contributed by atoms with van der Waals surface area (Å²) in [5, 5.41) is 9.79. The van der Waals surface area contributed by atoms with Gasteiger partial charge >= 0.3 is 0 Å². The van der Waals surface area contributed by atoms with E-state index in [1.807, 2.05) is 0 Å². The minimum absolute atomic E-state index is 0.125. The standard InChI is InChI=1S/C40H47N3/c1-10-11-24-40(8,9)38-42-41-37(43(38)36-23-20-32(25-29(36)4)30-15-12-27(2)13-16-30)33-17-14-28(3)35(26-33)31-18-21-34(22-19-31)39(5,6)7/h12-23,25-26H,10-11,24H2,1-9H3. The average molecular weight is 570 g/mol. The SMILES string of the molecule is CCCCC(C)(C)c1nnc(-c2ccc(C)c(-c3ccc(C(C)(C)C)cc3)c2)n1-c1ccc(-c2ccc(C)cc2)cc1C. The molecule has 0 saturated heterocycles. The Morgan fingerprint density at radius 3 is 1.88 bits per heavy atom. The van der Waals surface area contributed by atoms with E-state index in [1.54, 1.807) is 0 Å². The van der Waals surface area contributed by atoms with Gasteiger partial charge in [-0.25, -0.2) is 0 Å². The van der Waals surface area contributed by atoms with Gasteiger partial charge in [0.1, 0.15) is 5.82 Å². The third-order valence-electron chi connectivity index (χ3n) is 8.80. The molecule has 0 spiro atoms. The number of unbranched alkanes of at least 4 members (excludes halogenated alkanes) is 1. The lowest BCUT2D eigenvalue weighted by Crippen LogP contribution is -2.23. The van der Waals surface area contributed by atoms with Gasteiger partial charge in [-0.15, -0.1) is 10.2 Å². The maximum absolute atomic E-state index is 4.90. The van der Waals surface area contributed by atoms with Crippen molar-refractivity contribution >= 4 is 0 Å². The number of benzene rings is 4. The second kappa shape index (κ2) is 12.0. The molecule has 4 aromatic carbocycles. The van der Waals surface area contributed by atoms with E-state index in [1.165, 1.54) is 44.5 Å². The normalized spacial score (nSPS) is 12.1. The van der Waals surface area contributed by atoms with E-state index < -0.39 is 0 Å². The van der Waals surface area contributed by atoms with Gasteiger partial charge in [0, 0.05) is 11.0 Å². The van der Waals surface area contributed by atoms with E-state index in [0.717, 1.165) is 42.2 Å². The zero-order chi connectivity index (χ0) is 30.9. The van der Waals surface area contributed by atoms with Gasteiger partial charge in [0.25, 0.3) is 0 Å². The number of aromatic nitrogens is 3. The minimum Gasteiger partial charge on any atom is -0.278 e. The molecule has 5 aromatic rings. The van der Waals surface area contributed by atoms with Crippen LogP contribution < -0.4 is 0 Å². The molecule has 3 heteroatoms. The lowest BCUT2D eigenvalue weighted by atomic mass is 9.85. The third kappa shape index (κ3) is 6.37. The summed E-state index contributed by atoms with van der Waals surface area (Å²) >= 11 is 0. The van der Waals surface area contributed by atoms with E-state index >= 15 is 0 Å². The van der Waals surface area contributed by atoms with Gasteiger partial charge in [-0.3, -0.25) is 4.57 Å². The highest BCUT2D eigenvalue weighted by Gasteiger charge is 2.30. The van der Waals surface area contributed by atoms with Crippen molar-refractivity contribution in [2.45, 2.75) is 92.4 Å². The molecule has 0 N–H and O–H groups in total. The molecule has 1 aromatic heterocycles. The third-order valence-corrected chi connectivity index (χ3v) is 8.80. The van der Waals surface area contributed by atoms with Crippen LogP contribution in [-0.4, -0.2) is 14.8 Å². The highest BCUT2D eigenvalue weighted by Crippen LogP contribution is 2.37. The van der Waals surface area contributed by atoms with Gasteiger partial charge < -0.3 is 0 Å². The Balaban J connectivity index is 1.65. The van der Waals surface area contributed by atoms with Crippen LogP contribution in [0, 0.1) is 20.8 Å². The zero-order valence-corrected chi connectivity index (χ0v) is 27.5. The van der Waals surface area contributed by atoms with Gasteiger partial charge in [-0.2, -0.15) is 0 Å². The van der Waals surface area contributed by atoms with Crippen LogP contribution in [0.5, 0.6) is 0 Å². The number of nitrogens with zero attached hydrogens (tertiary/aromatic N) is 3.